The molecule has 0 aliphatic carbocycles. The molecule has 0 saturated heterocycles. The molecule has 1 N–H and O–H groups in total. The Kier molecular flexibility index (Phi) is 10.00. The van der Waals surface area contributed by atoms with Crippen molar-refractivity contribution in [2.45, 2.75) is 27.4 Å². The summed E-state index contributed by atoms with van der Waals surface area (Å²) < 4.78 is 28.4. The lowest BCUT2D eigenvalue weighted by Gasteiger charge is -2.16. The first-order chi connectivity index (χ1) is 17.6. The summed E-state index contributed by atoms with van der Waals surface area (Å²) in [5.41, 5.74) is 4.66. The van der Waals surface area contributed by atoms with Gasteiger partial charge < -0.3 is 23.7 Å². The van der Waals surface area contributed by atoms with Gasteiger partial charge in [0.25, 0.3) is 5.91 Å². The van der Waals surface area contributed by atoms with E-state index in [4.69, 9.17) is 23.7 Å². The average Bonchev–Trinajstić information content (AvgIpc) is 2.90. The quantitative estimate of drug-likeness (QED) is 0.260. The third-order valence-corrected chi connectivity index (χ3v) is 4.98. The molecule has 0 fully saturated rings. The maximum absolute atomic E-state index is 12.8. The fourth-order valence-corrected chi connectivity index (χ4v) is 3.37. The molecule has 3 rings (SSSR count). The van der Waals surface area contributed by atoms with E-state index in [1.54, 1.807) is 31.4 Å². The minimum Gasteiger partial charge on any atom is -0.493 e. The molecule has 0 bridgehead atoms. The van der Waals surface area contributed by atoms with Gasteiger partial charge in [-0.2, -0.15) is 5.10 Å². The van der Waals surface area contributed by atoms with Gasteiger partial charge in [0.05, 0.1) is 33.1 Å². The fraction of sp³-hybridized carbons (Fsp3) is 0.286. The number of ether oxygens (including phenoxy) is 5. The molecule has 0 heterocycles. The zero-order valence-corrected chi connectivity index (χ0v) is 21.1. The van der Waals surface area contributed by atoms with Crippen LogP contribution in [0.4, 0.5) is 0 Å². The van der Waals surface area contributed by atoms with Gasteiger partial charge in [-0.25, -0.2) is 5.43 Å². The topological polar surface area (TPSA) is 87.6 Å². The smallest absolute Gasteiger partial charge is 0.271 e. The number of amides is 1. The molecule has 1 amide bonds. The Morgan fingerprint density at radius 2 is 1.47 bits per heavy atom. The van der Waals surface area contributed by atoms with Crippen LogP contribution in [0.5, 0.6) is 28.7 Å². The molecule has 0 spiro atoms. The van der Waals surface area contributed by atoms with Crippen LogP contribution in [0.15, 0.2) is 65.8 Å². The number of hydrazone groups is 1. The van der Waals surface area contributed by atoms with Crippen molar-refractivity contribution in [2.75, 3.05) is 26.9 Å². The highest BCUT2D eigenvalue weighted by Crippen LogP contribution is 2.39. The number of carbonyl (C=O) groups excluding carboxylic acids is 1. The Balaban J connectivity index is 1.74. The predicted octanol–water partition coefficient (Wildman–Crippen LogP) is 5.23. The van der Waals surface area contributed by atoms with Crippen LogP contribution < -0.4 is 29.1 Å². The zero-order chi connectivity index (χ0) is 25.8. The highest BCUT2D eigenvalue weighted by molar-refractivity contribution is 5.96. The SMILES string of the molecule is CCOc1cc(C(=O)N/N=C/c2ccc(OC)c(OCc3ccccc3)c2)cc(OCC)c1OCC. The number of hydrogen-bond donors (Lipinski definition) is 1. The second kappa shape index (κ2) is 13.6. The lowest BCUT2D eigenvalue weighted by molar-refractivity contribution is 0.0954. The molecular weight excluding hydrogens is 460 g/mol. The Hall–Kier alpha value is -4.20. The monoisotopic (exact) mass is 492 g/mol. The van der Waals surface area contributed by atoms with Crippen molar-refractivity contribution in [1.82, 2.24) is 5.43 Å². The van der Waals surface area contributed by atoms with Crippen molar-refractivity contribution in [3.8, 4) is 28.7 Å². The first-order valence-electron chi connectivity index (χ1n) is 11.8. The lowest BCUT2D eigenvalue weighted by Crippen LogP contribution is -2.18. The molecule has 36 heavy (non-hydrogen) atoms. The van der Waals surface area contributed by atoms with Gasteiger partial charge in [-0.15, -0.1) is 0 Å². The summed E-state index contributed by atoms with van der Waals surface area (Å²) in [6.45, 7) is 7.27. The highest BCUT2D eigenvalue weighted by atomic mass is 16.5. The van der Waals surface area contributed by atoms with E-state index in [0.717, 1.165) is 11.1 Å². The zero-order valence-electron chi connectivity index (χ0n) is 21.1. The molecule has 0 aromatic heterocycles. The summed E-state index contributed by atoms with van der Waals surface area (Å²) >= 11 is 0. The van der Waals surface area contributed by atoms with E-state index in [1.165, 1.54) is 6.21 Å². The van der Waals surface area contributed by atoms with Gasteiger partial charge >= 0.3 is 0 Å². The number of carbonyl (C=O) groups is 1. The number of benzene rings is 3. The van der Waals surface area contributed by atoms with Gasteiger partial charge in [0, 0.05) is 5.56 Å². The van der Waals surface area contributed by atoms with Crippen molar-refractivity contribution >= 4 is 12.1 Å². The van der Waals surface area contributed by atoms with Crippen molar-refractivity contribution < 1.29 is 28.5 Å². The van der Waals surface area contributed by atoms with Gasteiger partial charge in [0.1, 0.15) is 6.61 Å². The third-order valence-electron chi connectivity index (χ3n) is 4.98. The van der Waals surface area contributed by atoms with Gasteiger partial charge in [-0.05, 0) is 62.2 Å². The van der Waals surface area contributed by atoms with Crippen LogP contribution in [0.25, 0.3) is 0 Å². The normalized spacial score (nSPS) is 10.7. The minimum atomic E-state index is -0.412. The molecule has 190 valence electrons. The minimum absolute atomic E-state index is 0.337. The maximum Gasteiger partial charge on any atom is 0.271 e. The Morgan fingerprint density at radius 3 is 2.08 bits per heavy atom. The summed E-state index contributed by atoms with van der Waals surface area (Å²) in [6.07, 6.45) is 1.54. The van der Waals surface area contributed by atoms with Crippen LogP contribution in [0.1, 0.15) is 42.3 Å². The summed E-state index contributed by atoms with van der Waals surface area (Å²) in [5.74, 6) is 2.12. The van der Waals surface area contributed by atoms with Gasteiger partial charge in [-0.3, -0.25) is 4.79 Å². The number of hydrogen-bond acceptors (Lipinski definition) is 7. The second-order valence-electron chi connectivity index (χ2n) is 7.48. The standard InChI is InChI=1S/C28H32N2O6/c1-5-33-25-16-22(17-26(34-6-2)27(25)35-7-3)28(31)30-29-18-21-13-14-23(32-4)24(15-21)36-19-20-11-9-8-10-12-20/h8-18H,5-7,19H2,1-4H3,(H,30,31)/b29-18+. The molecule has 8 heteroatoms. The molecule has 0 saturated carbocycles. The van der Waals surface area contributed by atoms with E-state index < -0.39 is 5.91 Å². The fourth-order valence-electron chi connectivity index (χ4n) is 3.37. The van der Waals surface area contributed by atoms with E-state index in [9.17, 15) is 4.79 Å². The Labute approximate surface area is 211 Å². The molecular formula is C28H32N2O6. The molecule has 0 aliphatic rings. The van der Waals surface area contributed by atoms with Crippen molar-refractivity contribution in [3.63, 3.8) is 0 Å². The van der Waals surface area contributed by atoms with Gasteiger partial charge in [0.15, 0.2) is 23.0 Å². The van der Waals surface area contributed by atoms with Crippen molar-refractivity contribution in [2.24, 2.45) is 5.10 Å². The molecule has 3 aromatic carbocycles. The van der Waals surface area contributed by atoms with E-state index in [2.05, 4.69) is 10.5 Å². The number of rotatable bonds is 13. The number of nitrogens with zero attached hydrogens (tertiary/aromatic N) is 1. The van der Waals surface area contributed by atoms with Crippen LogP contribution >= 0.6 is 0 Å². The van der Waals surface area contributed by atoms with Crippen LogP contribution in [0.2, 0.25) is 0 Å². The highest BCUT2D eigenvalue weighted by Gasteiger charge is 2.18. The van der Waals surface area contributed by atoms with Crippen molar-refractivity contribution in [1.29, 1.82) is 0 Å². The summed E-state index contributed by atoms with van der Waals surface area (Å²) in [4.78, 5) is 12.8. The summed E-state index contributed by atoms with van der Waals surface area (Å²) in [6, 6.07) is 18.5. The van der Waals surface area contributed by atoms with Crippen LogP contribution in [0.3, 0.4) is 0 Å². The number of nitrogens with one attached hydrogen (secondary N) is 1. The average molecular weight is 493 g/mol. The van der Waals surface area contributed by atoms with E-state index in [1.807, 2.05) is 57.2 Å². The van der Waals surface area contributed by atoms with Crippen LogP contribution in [-0.2, 0) is 6.61 Å². The molecule has 8 nitrogen and oxygen atoms in total. The first-order valence-corrected chi connectivity index (χ1v) is 11.8. The van der Waals surface area contributed by atoms with Gasteiger partial charge in [0.2, 0.25) is 5.75 Å². The number of methoxy groups -OCH3 is 1. The Bertz CT molecular complexity index is 1140. The van der Waals surface area contributed by atoms with Crippen molar-refractivity contribution in [3.05, 3.63) is 77.4 Å². The van der Waals surface area contributed by atoms with E-state index in [0.29, 0.717) is 60.7 Å². The lowest BCUT2D eigenvalue weighted by atomic mass is 10.1. The molecule has 0 unspecified atom stereocenters. The molecule has 0 radical (unpaired) electrons. The predicted molar refractivity (Wildman–Crippen MR) is 139 cm³/mol. The second-order valence-corrected chi connectivity index (χ2v) is 7.48. The van der Waals surface area contributed by atoms with E-state index >= 15 is 0 Å². The van der Waals surface area contributed by atoms with Crippen LogP contribution in [-0.4, -0.2) is 39.1 Å². The van der Waals surface area contributed by atoms with E-state index in [-0.39, 0.29) is 0 Å². The largest absolute Gasteiger partial charge is 0.493 e. The maximum atomic E-state index is 12.8. The van der Waals surface area contributed by atoms with Gasteiger partial charge in [-0.1, -0.05) is 30.3 Å². The first kappa shape index (κ1) is 26.4. The Morgan fingerprint density at radius 1 is 0.806 bits per heavy atom. The molecule has 0 aliphatic heterocycles. The molecule has 3 aromatic rings. The third kappa shape index (κ3) is 7.15. The van der Waals surface area contributed by atoms with Crippen LogP contribution in [0, 0.1) is 0 Å². The summed E-state index contributed by atoms with van der Waals surface area (Å²) in [7, 11) is 1.59. The summed E-state index contributed by atoms with van der Waals surface area (Å²) in [5, 5.41) is 4.11. The molecule has 0 atom stereocenters.